The molecule has 220 valence electrons. The Morgan fingerprint density at radius 1 is 0.682 bits per heavy atom. The van der Waals surface area contributed by atoms with Gasteiger partial charge in [-0.2, -0.15) is 0 Å². The molecule has 5 aromatic rings. The van der Waals surface area contributed by atoms with Crippen LogP contribution in [0.4, 0.5) is 8.78 Å². The average Bonchev–Trinajstić information content (AvgIpc) is 3.33. The van der Waals surface area contributed by atoms with Crippen molar-refractivity contribution in [3.63, 3.8) is 0 Å². The van der Waals surface area contributed by atoms with E-state index in [-0.39, 0.29) is 17.0 Å². The smallest absolute Gasteiger partial charge is 0.178 e. The lowest BCUT2D eigenvalue weighted by Gasteiger charge is -2.41. The topological polar surface area (TPSA) is 27.7 Å². The Morgan fingerprint density at radius 3 is 1.93 bits per heavy atom. The van der Waals surface area contributed by atoms with Crippen LogP contribution in [0.5, 0.6) is 17.2 Å². The normalized spacial score (nSPS) is 17.1. The highest BCUT2D eigenvalue weighted by molar-refractivity contribution is 6.08. The number of methoxy groups -OCH3 is 2. The van der Waals surface area contributed by atoms with Crippen LogP contribution in [0.1, 0.15) is 59.9 Å². The van der Waals surface area contributed by atoms with E-state index in [9.17, 15) is 4.39 Å². The van der Waals surface area contributed by atoms with Crippen molar-refractivity contribution in [2.24, 2.45) is 0 Å². The second-order valence-electron chi connectivity index (χ2n) is 12.1. The van der Waals surface area contributed by atoms with Crippen LogP contribution < -0.4 is 14.2 Å². The Balaban J connectivity index is 1.44. The highest BCUT2D eigenvalue weighted by Gasteiger charge is 2.49. The molecule has 1 spiro atoms. The van der Waals surface area contributed by atoms with Crippen molar-refractivity contribution < 1.29 is 23.0 Å². The van der Waals surface area contributed by atoms with Gasteiger partial charge in [0.05, 0.1) is 14.2 Å². The highest BCUT2D eigenvalue weighted by Crippen LogP contribution is 2.62. The van der Waals surface area contributed by atoms with E-state index in [0.29, 0.717) is 11.1 Å². The molecule has 0 radical (unpaired) electrons. The van der Waals surface area contributed by atoms with Gasteiger partial charge < -0.3 is 14.2 Å². The van der Waals surface area contributed by atoms with Gasteiger partial charge in [-0.25, -0.2) is 8.78 Å². The summed E-state index contributed by atoms with van der Waals surface area (Å²) in [6.45, 7) is 0. The van der Waals surface area contributed by atoms with E-state index in [2.05, 4.69) is 12.2 Å². The molecule has 5 heteroatoms. The van der Waals surface area contributed by atoms with Gasteiger partial charge in [-0.05, 0) is 95.1 Å². The number of benzene rings is 5. The third kappa shape index (κ3) is 3.78. The van der Waals surface area contributed by atoms with Crippen LogP contribution in [0.3, 0.4) is 0 Å². The fraction of sp³-hybridized carbons (Fsp3) is 0.231. The minimum atomic E-state index is -1.00. The minimum Gasteiger partial charge on any atom is -0.497 e. The zero-order valence-electron chi connectivity index (χ0n) is 24.8. The highest BCUT2D eigenvalue weighted by atomic mass is 19.1. The third-order valence-corrected chi connectivity index (χ3v) is 10.00. The van der Waals surface area contributed by atoms with Crippen LogP contribution in [-0.4, -0.2) is 14.2 Å². The summed E-state index contributed by atoms with van der Waals surface area (Å²) in [5, 5.41) is 1.63. The first-order chi connectivity index (χ1) is 21.5. The zero-order chi connectivity index (χ0) is 30.1. The third-order valence-electron chi connectivity index (χ3n) is 10.00. The first-order valence-electron chi connectivity index (χ1n) is 15.2. The largest absolute Gasteiger partial charge is 0.497 e. The second kappa shape index (κ2) is 9.95. The van der Waals surface area contributed by atoms with Crippen molar-refractivity contribution in [1.82, 2.24) is 0 Å². The van der Waals surface area contributed by atoms with Crippen LogP contribution >= 0.6 is 0 Å². The molecule has 1 fully saturated rings. The van der Waals surface area contributed by atoms with Crippen molar-refractivity contribution in [3.8, 4) is 28.4 Å². The van der Waals surface area contributed by atoms with Gasteiger partial charge in [-0.1, -0.05) is 61.7 Å². The van der Waals surface area contributed by atoms with Gasteiger partial charge in [0.25, 0.3) is 0 Å². The molecule has 5 aromatic carbocycles. The van der Waals surface area contributed by atoms with Crippen LogP contribution in [0, 0.1) is 11.6 Å². The fourth-order valence-electron chi connectivity index (χ4n) is 7.99. The van der Waals surface area contributed by atoms with E-state index in [1.165, 1.54) is 11.6 Å². The van der Waals surface area contributed by atoms with Gasteiger partial charge in [-0.15, -0.1) is 0 Å². The molecular weight excluding hydrogens is 554 g/mol. The number of hydrogen-bond donors (Lipinski definition) is 0. The van der Waals surface area contributed by atoms with Gasteiger partial charge in [0.15, 0.2) is 5.60 Å². The van der Waals surface area contributed by atoms with E-state index in [0.717, 1.165) is 82.4 Å². The van der Waals surface area contributed by atoms with Gasteiger partial charge >= 0.3 is 0 Å². The Hall–Kier alpha value is -4.64. The Bertz CT molecular complexity index is 1900. The molecule has 0 bridgehead atoms. The van der Waals surface area contributed by atoms with Crippen molar-refractivity contribution in [2.45, 2.75) is 43.1 Å². The number of rotatable bonds is 4. The van der Waals surface area contributed by atoms with E-state index in [1.54, 1.807) is 32.4 Å². The molecular formula is C39H32F2O3. The van der Waals surface area contributed by atoms with Gasteiger partial charge in [0, 0.05) is 27.5 Å². The van der Waals surface area contributed by atoms with Crippen molar-refractivity contribution in [3.05, 3.63) is 130 Å². The molecule has 1 aliphatic heterocycles. The first kappa shape index (κ1) is 26.9. The Morgan fingerprint density at radius 2 is 1.30 bits per heavy atom. The van der Waals surface area contributed by atoms with Crippen LogP contribution in [0.25, 0.3) is 28.0 Å². The molecule has 2 aliphatic carbocycles. The molecule has 8 rings (SSSR count). The first-order valence-corrected chi connectivity index (χ1v) is 15.2. The van der Waals surface area contributed by atoms with Crippen LogP contribution in [0.15, 0.2) is 91.0 Å². The molecule has 0 N–H and O–H groups in total. The SMILES string of the molecule is COc1ccc(C2(c3ccc(OC)cc3)C=Cc3c4c(c5ccc(F)cc5c3O2)-c2ccc(F)cc2C42CCCCC2)cc1. The molecule has 44 heavy (non-hydrogen) atoms. The van der Waals surface area contributed by atoms with Crippen molar-refractivity contribution in [1.29, 1.82) is 0 Å². The summed E-state index contributed by atoms with van der Waals surface area (Å²) in [6, 6.07) is 25.9. The zero-order valence-corrected chi connectivity index (χ0v) is 24.8. The summed E-state index contributed by atoms with van der Waals surface area (Å²) in [4.78, 5) is 0. The lowest BCUT2D eigenvalue weighted by molar-refractivity contribution is 0.163. The van der Waals surface area contributed by atoms with Crippen molar-refractivity contribution >= 4 is 16.8 Å². The molecule has 3 aliphatic rings. The molecule has 0 saturated heterocycles. The maximum absolute atomic E-state index is 15.1. The predicted octanol–water partition coefficient (Wildman–Crippen LogP) is 9.72. The van der Waals surface area contributed by atoms with E-state index in [1.807, 2.05) is 60.7 Å². The quantitative estimate of drug-likeness (QED) is 0.210. The standard InChI is InChI=1S/C39H32F2O3/c1-42-28-12-6-24(7-13-28)39(25-8-14-29(43-2)15-9-25)21-18-32-36-35(30-16-10-26(40)22-33(30)37(32)44-39)31-17-11-27(41)23-34(31)38(36)19-4-3-5-20-38/h6-18,21-23H,3-5,19-20H2,1-2H3. The van der Waals surface area contributed by atoms with Crippen LogP contribution in [0.2, 0.25) is 0 Å². The summed E-state index contributed by atoms with van der Waals surface area (Å²) in [7, 11) is 3.29. The average molecular weight is 587 g/mol. The Kier molecular flexibility index (Phi) is 6.09. The molecule has 0 atom stereocenters. The molecule has 1 heterocycles. The fourth-order valence-corrected chi connectivity index (χ4v) is 7.99. The molecule has 1 saturated carbocycles. The number of halogens is 2. The summed E-state index contributed by atoms with van der Waals surface area (Å²) in [6.07, 6.45) is 9.44. The van der Waals surface area contributed by atoms with Gasteiger partial charge in [0.1, 0.15) is 28.9 Å². The summed E-state index contributed by atoms with van der Waals surface area (Å²) >= 11 is 0. The Labute approximate surface area is 255 Å². The lowest BCUT2D eigenvalue weighted by Crippen LogP contribution is -2.35. The minimum absolute atomic E-state index is 0.226. The monoisotopic (exact) mass is 586 g/mol. The lowest BCUT2D eigenvalue weighted by atomic mass is 9.66. The van der Waals surface area contributed by atoms with E-state index in [4.69, 9.17) is 14.2 Å². The van der Waals surface area contributed by atoms with E-state index >= 15 is 4.39 Å². The van der Waals surface area contributed by atoms with Gasteiger partial charge in [-0.3, -0.25) is 0 Å². The molecule has 3 nitrogen and oxygen atoms in total. The van der Waals surface area contributed by atoms with Crippen LogP contribution in [-0.2, 0) is 11.0 Å². The molecule has 0 amide bonds. The second-order valence-corrected chi connectivity index (χ2v) is 12.1. The summed E-state index contributed by atoms with van der Waals surface area (Å²) in [5.74, 6) is 1.57. The number of ether oxygens (including phenoxy) is 3. The van der Waals surface area contributed by atoms with Gasteiger partial charge in [0.2, 0.25) is 0 Å². The summed E-state index contributed by atoms with van der Waals surface area (Å²) in [5.41, 5.74) is 5.78. The van der Waals surface area contributed by atoms with Crippen molar-refractivity contribution in [2.75, 3.05) is 14.2 Å². The maximum Gasteiger partial charge on any atom is 0.178 e. The maximum atomic E-state index is 15.1. The number of hydrogen-bond acceptors (Lipinski definition) is 3. The summed E-state index contributed by atoms with van der Waals surface area (Å²) < 4.78 is 48.2. The molecule has 0 unspecified atom stereocenters. The number of fused-ring (bicyclic) bond motifs is 10. The molecule has 0 aromatic heterocycles. The van der Waals surface area contributed by atoms with E-state index < -0.39 is 5.60 Å². The predicted molar refractivity (Wildman–Crippen MR) is 170 cm³/mol.